The van der Waals surface area contributed by atoms with Crippen molar-refractivity contribution in [2.75, 3.05) is 44.2 Å². The summed E-state index contributed by atoms with van der Waals surface area (Å²) in [6.07, 6.45) is 1.61. The van der Waals surface area contributed by atoms with Crippen molar-refractivity contribution in [2.24, 2.45) is 0 Å². The molecule has 3 aromatic rings. The van der Waals surface area contributed by atoms with Crippen molar-refractivity contribution in [2.45, 2.75) is 13.5 Å². The lowest BCUT2D eigenvalue weighted by Gasteiger charge is -2.36. The van der Waals surface area contributed by atoms with Gasteiger partial charge < -0.3 is 19.3 Å². The molecule has 3 aromatic carbocycles. The average Bonchev–Trinajstić information content (AvgIpc) is 3.25. The van der Waals surface area contributed by atoms with Crippen LogP contribution in [0.5, 0.6) is 11.5 Å². The molecule has 0 saturated carbocycles. The third kappa shape index (κ3) is 7.49. The molecule has 12 heteroatoms. The first-order valence-electron chi connectivity index (χ1n) is 13.6. The topological polar surface area (TPSA) is 79.4 Å². The summed E-state index contributed by atoms with van der Waals surface area (Å²) >= 11 is 16.6. The molecule has 2 fully saturated rings. The first-order chi connectivity index (χ1) is 20.7. The fourth-order valence-electron chi connectivity index (χ4n) is 4.74. The van der Waals surface area contributed by atoms with Crippen molar-refractivity contribution < 1.29 is 23.9 Å². The maximum Gasteiger partial charge on any atom is 0.294 e. The van der Waals surface area contributed by atoms with E-state index in [0.29, 0.717) is 64.4 Å². The minimum Gasteiger partial charge on any atom is -0.490 e. The number of anilines is 1. The van der Waals surface area contributed by atoms with Crippen molar-refractivity contribution in [3.63, 3.8) is 0 Å². The van der Waals surface area contributed by atoms with E-state index in [1.807, 2.05) is 37.3 Å². The number of nitrogens with zero attached hydrogens (tertiary/aromatic N) is 3. The van der Waals surface area contributed by atoms with Crippen LogP contribution in [0.1, 0.15) is 18.1 Å². The van der Waals surface area contributed by atoms with Gasteiger partial charge in [-0.2, -0.15) is 0 Å². The number of ether oxygens (including phenoxy) is 2. The normalized spacial score (nSPS) is 16.3. The lowest BCUT2D eigenvalue weighted by molar-refractivity contribution is -0.136. The summed E-state index contributed by atoms with van der Waals surface area (Å²) in [6, 6.07) is 18.7. The van der Waals surface area contributed by atoms with E-state index in [-0.39, 0.29) is 24.0 Å². The van der Waals surface area contributed by atoms with Gasteiger partial charge in [-0.25, -0.2) is 0 Å². The van der Waals surface area contributed by atoms with Gasteiger partial charge in [-0.05, 0) is 82.7 Å². The molecule has 224 valence electrons. The van der Waals surface area contributed by atoms with Crippen LogP contribution >= 0.6 is 50.9 Å². The number of rotatable bonds is 9. The molecule has 2 aliphatic rings. The van der Waals surface area contributed by atoms with E-state index < -0.39 is 11.1 Å². The van der Waals surface area contributed by atoms with Gasteiger partial charge in [0, 0.05) is 47.5 Å². The van der Waals surface area contributed by atoms with Crippen LogP contribution < -0.4 is 14.4 Å². The highest BCUT2D eigenvalue weighted by molar-refractivity contribution is 9.10. The summed E-state index contributed by atoms with van der Waals surface area (Å²) in [6.45, 7) is 4.53. The SMILES string of the molecule is CCOc1cc(/C=C2\SC(=O)N(CC(=O)N3CCN(c4ccccc4)CC3)C2=O)cc(Br)c1OCc1ccc(Cl)cc1Cl. The Kier molecular flexibility index (Phi) is 10.2. The fraction of sp³-hybridized carbons (Fsp3) is 0.258. The molecule has 0 spiro atoms. The highest BCUT2D eigenvalue weighted by Crippen LogP contribution is 2.40. The van der Waals surface area contributed by atoms with Crippen molar-refractivity contribution in [3.8, 4) is 11.5 Å². The van der Waals surface area contributed by atoms with E-state index in [4.69, 9.17) is 32.7 Å². The van der Waals surface area contributed by atoms with E-state index in [0.717, 1.165) is 27.9 Å². The van der Waals surface area contributed by atoms with Crippen LogP contribution in [-0.4, -0.2) is 66.2 Å². The summed E-state index contributed by atoms with van der Waals surface area (Å²) in [5.41, 5.74) is 2.49. The zero-order chi connectivity index (χ0) is 30.5. The molecule has 0 N–H and O–H groups in total. The summed E-state index contributed by atoms with van der Waals surface area (Å²) in [5, 5.41) is 0.544. The Balaban J connectivity index is 1.25. The van der Waals surface area contributed by atoms with Gasteiger partial charge in [-0.3, -0.25) is 19.3 Å². The van der Waals surface area contributed by atoms with Gasteiger partial charge in [0.15, 0.2) is 11.5 Å². The maximum atomic E-state index is 13.2. The Morgan fingerprint density at radius 3 is 2.44 bits per heavy atom. The largest absolute Gasteiger partial charge is 0.490 e. The second-order valence-electron chi connectivity index (χ2n) is 9.76. The summed E-state index contributed by atoms with van der Waals surface area (Å²) < 4.78 is 12.5. The standard InChI is InChI=1S/C31H28BrCl2N3O5S/c1-2-41-26-15-20(14-24(32)29(26)42-19-21-8-9-22(33)17-25(21)34)16-27-30(39)37(31(40)43-27)18-28(38)36-12-10-35(11-13-36)23-6-4-3-5-7-23/h3-9,14-17H,2,10-13,18-19H2,1H3/b27-16-. The lowest BCUT2D eigenvalue weighted by Crippen LogP contribution is -2.51. The third-order valence-corrected chi connectivity index (χ3v) is 9.02. The van der Waals surface area contributed by atoms with E-state index in [1.54, 1.807) is 41.3 Å². The molecule has 0 bridgehead atoms. The summed E-state index contributed by atoms with van der Waals surface area (Å²) in [7, 11) is 0. The molecule has 8 nitrogen and oxygen atoms in total. The molecule has 0 aromatic heterocycles. The van der Waals surface area contributed by atoms with Gasteiger partial charge in [-0.15, -0.1) is 0 Å². The number of carbonyl (C=O) groups is 3. The maximum absolute atomic E-state index is 13.2. The average molecular weight is 705 g/mol. The minimum absolute atomic E-state index is 0.183. The molecule has 0 atom stereocenters. The number of imide groups is 1. The summed E-state index contributed by atoms with van der Waals surface area (Å²) in [5.74, 6) is 0.173. The smallest absolute Gasteiger partial charge is 0.294 e. The van der Waals surface area contributed by atoms with Gasteiger partial charge in [0.1, 0.15) is 13.2 Å². The lowest BCUT2D eigenvalue weighted by atomic mass is 10.1. The number of halogens is 3. The number of benzene rings is 3. The quantitative estimate of drug-likeness (QED) is 0.220. The number of amides is 3. The fourth-order valence-corrected chi connectivity index (χ4v) is 6.61. The van der Waals surface area contributed by atoms with Crippen LogP contribution in [0.3, 0.4) is 0 Å². The third-order valence-electron chi connectivity index (χ3n) is 6.94. The van der Waals surface area contributed by atoms with E-state index >= 15 is 0 Å². The van der Waals surface area contributed by atoms with Gasteiger partial charge in [0.2, 0.25) is 5.91 Å². The monoisotopic (exact) mass is 703 g/mol. The van der Waals surface area contributed by atoms with Crippen molar-refractivity contribution in [1.29, 1.82) is 0 Å². The minimum atomic E-state index is -0.502. The van der Waals surface area contributed by atoms with Gasteiger partial charge in [0.25, 0.3) is 11.1 Å². The molecule has 2 saturated heterocycles. The van der Waals surface area contributed by atoms with Crippen molar-refractivity contribution >= 4 is 79.7 Å². The summed E-state index contributed by atoms with van der Waals surface area (Å²) in [4.78, 5) is 44.2. The van der Waals surface area contributed by atoms with Crippen LogP contribution in [0, 0.1) is 0 Å². The molecule has 5 rings (SSSR count). The number of thioether (sulfide) groups is 1. The number of para-hydroxylation sites is 1. The van der Waals surface area contributed by atoms with Crippen LogP contribution in [-0.2, 0) is 16.2 Å². The zero-order valence-corrected chi connectivity index (χ0v) is 27.1. The van der Waals surface area contributed by atoms with E-state index in [9.17, 15) is 14.4 Å². The van der Waals surface area contributed by atoms with Crippen LogP contribution in [0.2, 0.25) is 10.0 Å². The highest BCUT2D eigenvalue weighted by Gasteiger charge is 2.37. The van der Waals surface area contributed by atoms with Gasteiger partial charge >= 0.3 is 0 Å². The molecule has 0 aliphatic carbocycles. The van der Waals surface area contributed by atoms with E-state index in [1.165, 1.54) is 0 Å². The zero-order valence-electron chi connectivity index (χ0n) is 23.2. The Hall–Kier alpha value is -3.18. The predicted molar refractivity (Wildman–Crippen MR) is 174 cm³/mol. The van der Waals surface area contributed by atoms with Crippen molar-refractivity contribution in [1.82, 2.24) is 9.80 Å². The van der Waals surface area contributed by atoms with Crippen LogP contribution in [0.15, 0.2) is 70.0 Å². The number of carbonyl (C=O) groups excluding carboxylic acids is 3. The molecule has 43 heavy (non-hydrogen) atoms. The van der Waals surface area contributed by atoms with E-state index in [2.05, 4.69) is 20.8 Å². The molecular formula is C31H28BrCl2N3O5S. The second kappa shape index (κ2) is 14.1. The van der Waals surface area contributed by atoms with Crippen molar-refractivity contribution in [3.05, 3.63) is 91.2 Å². The highest BCUT2D eigenvalue weighted by atomic mass is 79.9. The molecule has 2 aliphatic heterocycles. The molecule has 3 amide bonds. The van der Waals surface area contributed by atoms with Gasteiger partial charge in [0.05, 0.1) is 16.0 Å². The number of hydrogen-bond donors (Lipinski definition) is 0. The molecule has 2 heterocycles. The Morgan fingerprint density at radius 1 is 1.00 bits per heavy atom. The number of hydrogen-bond acceptors (Lipinski definition) is 7. The Bertz CT molecular complexity index is 1560. The Labute approximate surface area is 272 Å². The molecule has 0 unspecified atom stereocenters. The van der Waals surface area contributed by atoms with Crippen LogP contribution in [0.4, 0.5) is 10.5 Å². The van der Waals surface area contributed by atoms with Crippen LogP contribution in [0.25, 0.3) is 6.08 Å². The van der Waals surface area contributed by atoms with Gasteiger partial charge in [-0.1, -0.05) is 47.5 Å². The molecule has 0 radical (unpaired) electrons. The first kappa shape index (κ1) is 31.3. The predicted octanol–water partition coefficient (Wildman–Crippen LogP) is 7.12. The molecular weight excluding hydrogens is 677 g/mol. The second-order valence-corrected chi connectivity index (χ2v) is 12.4. The number of piperazine rings is 1. The first-order valence-corrected chi connectivity index (χ1v) is 16.0. The Morgan fingerprint density at radius 2 is 1.74 bits per heavy atom.